The molecule has 0 aromatic rings. The van der Waals surface area contributed by atoms with Crippen molar-refractivity contribution in [3.63, 3.8) is 0 Å². The number of nitrogens with zero attached hydrogens (tertiary/aromatic N) is 2. The number of hydrogen-bond acceptors (Lipinski definition) is 3. The summed E-state index contributed by atoms with van der Waals surface area (Å²) in [5.74, 6) is 0.784. The van der Waals surface area contributed by atoms with Crippen molar-refractivity contribution in [3.8, 4) is 0 Å². The molecule has 4 nitrogen and oxygen atoms in total. The van der Waals surface area contributed by atoms with Crippen LogP contribution in [0.15, 0.2) is 0 Å². The van der Waals surface area contributed by atoms with Crippen LogP contribution in [-0.4, -0.2) is 54.0 Å². The number of amides is 1. The van der Waals surface area contributed by atoms with Gasteiger partial charge in [0, 0.05) is 31.6 Å². The zero-order valence-corrected chi connectivity index (χ0v) is 11.8. The highest BCUT2D eigenvalue weighted by Gasteiger charge is 2.36. The second-order valence-corrected chi connectivity index (χ2v) is 6.07. The molecule has 2 fully saturated rings. The first-order valence-electron chi connectivity index (χ1n) is 7.35. The molecular weight excluding hydrogens is 226 g/mol. The van der Waals surface area contributed by atoms with Gasteiger partial charge in [0.15, 0.2) is 0 Å². The summed E-state index contributed by atoms with van der Waals surface area (Å²) in [5.41, 5.74) is 5.60. The molecule has 0 aliphatic carbocycles. The van der Waals surface area contributed by atoms with Crippen molar-refractivity contribution in [1.82, 2.24) is 9.80 Å². The number of nitrogens with two attached hydrogens (primary N) is 1. The minimum atomic E-state index is 0.328. The van der Waals surface area contributed by atoms with Gasteiger partial charge in [-0.05, 0) is 45.2 Å². The van der Waals surface area contributed by atoms with E-state index in [2.05, 4.69) is 23.6 Å². The van der Waals surface area contributed by atoms with Crippen LogP contribution >= 0.6 is 0 Å². The van der Waals surface area contributed by atoms with Crippen molar-refractivity contribution < 1.29 is 4.79 Å². The van der Waals surface area contributed by atoms with Gasteiger partial charge >= 0.3 is 0 Å². The Balaban J connectivity index is 1.85. The molecule has 104 valence electrons. The lowest BCUT2D eigenvalue weighted by atomic mass is 10.0. The van der Waals surface area contributed by atoms with E-state index < -0.39 is 0 Å². The van der Waals surface area contributed by atoms with E-state index in [1.165, 1.54) is 19.4 Å². The predicted octanol–water partition coefficient (Wildman–Crippen LogP) is 1.06. The monoisotopic (exact) mass is 253 g/mol. The van der Waals surface area contributed by atoms with Crippen molar-refractivity contribution in [2.24, 2.45) is 11.7 Å². The molecule has 0 saturated carbocycles. The van der Waals surface area contributed by atoms with Crippen LogP contribution in [0.3, 0.4) is 0 Å². The molecule has 2 heterocycles. The fraction of sp³-hybridized carbons (Fsp3) is 0.929. The number of piperazine rings is 1. The summed E-state index contributed by atoms with van der Waals surface area (Å²) >= 11 is 0. The third-order valence-corrected chi connectivity index (χ3v) is 4.51. The molecule has 0 aromatic carbocycles. The number of carbonyl (C=O) groups is 1. The number of fused-ring (bicyclic) bond motifs is 1. The summed E-state index contributed by atoms with van der Waals surface area (Å²) in [7, 11) is 0. The Hall–Kier alpha value is -0.610. The second kappa shape index (κ2) is 6.02. The summed E-state index contributed by atoms with van der Waals surface area (Å²) in [6, 6.07) is 0.997. The van der Waals surface area contributed by atoms with Crippen molar-refractivity contribution in [1.29, 1.82) is 0 Å². The van der Waals surface area contributed by atoms with Crippen LogP contribution in [0.4, 0.5) is 0 Å². The van der Waals surface area contributed by atoms with Crippen LogP contribution in [0.2, 0.25) is 0 Å². The first-order chi connectivity index (χ1) is 8.61. The maximum Gasteiger partial charge on any atom is 0.222 e. The molecule has 3 atom stereocenters. The highest BCUT2D eigenvalue weighted by atomic mass is 16.2. The molecule has 4 heteroatoms. The third kappa shape index (κ3) is 3.04. The Morgan fingerprint density at radius 2 is 2.22 bits per heavy atom. The van der Waals surface area contributed by atoms with Gasteiger partial charge in [-0.1, -0.05) is 6.92 Å². The normalized spacial score (nSPS) is 30.3. The molecule has 1 amide bonds. The summed E-state index contributed by atoms with van der Waals surface area (Å²) in [5, 5.41) is 0. The first kappa shape index (κ1) is 13.8. The molecule has 2 aliphatic rings. The molecule has 0 aromatic heterocycles. The molecule has 0 spiro atoms. The lowest BCUT2D eigenvalue weighted by Gasteiger charge is -2.42. The smallest absolute Gasteiger partial charge is 0.222 e. The lowest BCUT2D eigenvalue weighted by molar-refractivity contribution is -0.137. The summed E-state index contributed by atoms with van der Waals surface area (Å²) in [4.78, 5) is 16.9. The summed E-state index contributed by atoms with van der Waals surface area (Å²) < 4.78 is 0. The number of rotatable bonds is 4. The van der Waals surface area contributed by atoms with Crippen molar-refractivity contribution in [2.45, 2.75) is 51.6 Å². The van der Waals surface area contributed by atoms with Crippen molar-refractivity contribution in [3.05, 3.63) is 0 Å². The van der Waals surface area contributed by atoms with Gasteiger partial charge < -0.3 is 10.6 Å². The van der Waals surface area contributed by atoms with Gasteiger partial charge in [-0.15, -0.1) is 0 Å². The quantitative estimate of drug-likeness (QED) is 0.815. The van der Waals surface area contributed by atoms with E-state index in [-0.39, 0.29) is 0 Å². The minimum Gasteiger partial charge on any atom is -0.337 e. The van der Waals surface area contributed by atoms with Gasteiger partial charge in [0.1, 0.15) is 0 Å². The third-order valence-electron chi connectivity index (χ3n) is 4.51. The Labute approximate surface area is 110 Å². The van der Waals surface area contributed by atoms with Crippen LogP contribution < -0.4 is 5.73 Å². The SMILES string of the molecule is CC(CN)CCC(=O)N1CC2CCCN2CC1C. The van der Waals surface area contributed by atoms with Crippen LogP contribution in [-0.2, 0) is 4.79 Å². The van der Waals surface area contributed by atoms with Gasteiger partial charge in [-0.3, -0.25) is 9.69 Å². The predicted molar refractivity (Wildman–Crippen MR) is 73.2 cm³/mol. The molecule has 18 heavy (non-hydrogen) atoms. The van der Waals surface area contributed by atoms with Crippen molar-refractivity contribution in [2.75, 3.05) is 26.2 Å². The molecule has 2 saturated heterocycles. The molecule has 3 unspecified atom stereocenters. The molecule has 0 radical (unpaired) electrons. The van der Waals surface area contributed by atoms with Gasteiger partial charge in [0.2, 0.25) is 5.91 Å². The maximum atomic E-state index is 12.3. The average Bonchev–Trinajstić information content (AvgIpc) is 2.81. The van der Waals surface area contributed by atoms with Crippen LogP contribution in [0.5, 0.6) is 0 Å². The van der Waals surface area contributed by atoms with Gasteiger partial charge in [-0.2, -0.15) is 0 Å². The Morgan fingerprint density at radius 3 is 2.94 bits per heavy atom. The molecular formula is C14H27N3O. The van der Waals surface area contributed by atoms with Crippen LogP contribution in [0, 0.1) is 5.92 Å². The van der Waals surface area contributed by atoms with E-state index in [1.54, 1.807) is 0 Å². The van der Waals surface area contributed by atoms with Crippen molar-refractivity contribution >= 4 is 5.91 Å². The van der Waals surface area contributed by atoms with Gasteiger partial charge in [0.25, 0.3) is 0 Å². The van der Waals surface area contributed by atoms with Crippen LogP contribution in [0.1, 0.15) is 39.5 Å². The largest absolute Gasteiger partial charge is 0.337 e. The van der Waals surface area contributed by atoms with E-state index in [4.69, 9.17) is 5.73 Å². The standard InChI is InChI=1S/C14H27N3O/c1-11(8-15)5-6-14(18)17-10-13-4-3-7-16(13)9-12(17)2/h11-13H,3-10,15H2,1-2H3. The number of carbonyl (C=O) groups excluding carboxylic acids is 1. The highest BCUT2D eigenvalue weighted by molar-refractivity contribution is 5.76. The highest BCUT2D eigenvalue weighted by Crippen LogP contribution is 2.25. The van der Waals surface area contributed by atoms with E-state index >= 15 is 0 Å². The Morgan fingerprint density at radius 1 is 1.44 bits per heavy atom. The van der Waals surface area contributed by atoms with E-state index in [9.17, 15) is 4.79 Å². The minimum absolute atomic E-state index is 0.328. The van der Waals surface area contributed by atoms with E-state index in [0.29, 0.717) is 36.9 Å². The maximum absolute atomic E-state index is 12.3. The second-order valence-electron chi connectivity index (χ2n) is 6.07. The average molecular weight is 253 g/mol. The van der Waals surface area contributed by atoms with E-state index in [0.717, 1.165) is 19.5 Å². The fourth-order valence-corrected chi connectivity index (χ4v) is 3.17. The summed E-state index contributed by atoms with van der Waals surface area (Å²) in [6.45, 7) is 8.20. The van der Waals surface area contributed by atoms with Crippen LogP contribution in [0.25, 0.3) is 0 Å². The zero-order valence-electron chi connectivity index (χ0n) is 11.8. The first-order valence-corrected chi connectivity index (χ1v) is 7.35. The topological polar surface area (TPSA) is 49.6 Å². The van der Waals surface area contributed by atoms with Gasteiger partial charge in [-0.25, -0.2) is 0 Å². The van der Waals surface area contributed by atoms with Gasteiger partial charge in [0.05, 0.1) is 0 Å². The summed E-state index contributed by atoms with van der Waals surface area (Å²) in [6.07, 6.45) is 4.14. The van der Waals surface area contributed by atoms with E-state index in [1.807, 2.05) is 0 Å². The molecule has 2 aliphatic heterocycles. The molecule has 2 N–H and O–H groups in total. The Bertz CT molecular complexity index is 295. The molecule has 2 rings (SSSR count). The molecule has 0 bridgehead atoms. The number of hydrogen-bond donors (Lipinski definition) is 1. The lowest BCUT2D eigenvalue weighted by Crippen LogP contribution is -2.56. The Kier molecular flexibility index (Phi) is 4.62. The fourth-order valence-electron chi connectivity index (χ4n) is 3.17. The zero-order chi connectivity index (χ0) is 13.1.